The third-order valence-corrected chi connectivity index (χ3v) is 7.42. The molecule has 178 valence electrons. The van der Waals surface area contributed by atoms with Crippen molar-refractivity contribution in [3.8, 4) is 0 Å². The van der Waals surface area contributed by atoms with Gasteiger partial charge in [0.2, 0.25) is 6.54 Å². The number of nitrogens with zero attached hydrogens (tertiary/aromatic N) is 2. The third-order valence-electron chi connectivity index (χ3n) is 7.42. The van der Waals surface area contributed by atoms with Gasteiger partial charge in [0, 0.05) is 34.1 Å². The van der Waals surface area contributed by atoms with E-state index in [9.17, 15) is 28.1 Å². The number of methoxy groups -OCH3 is 1. The van der Waals surface area contributed by atoms with Gasteiger partial charge in [-0.3, -0.25) is 20.2 Å². The number of aromatic nitrogens is 1. The Balaban J connectivity index is 1.83. The summed E-state index contributed by atoms with van der Waals surface area (Å²) in [7, 11) is 3.03. The van der Waals surface area contributed by atoms with Gasteiger partial charge in [-0.15, -0.1) is 0 Å². The van der Waals surface area contributed by atoms with Gasteiger partial charge in [0.1, 0.15) is 5.54 Å². The molecule has 34 heavy (non-hydrogen) atoms. The second kappa shape index (κ2) is 7.30. The minimum atomic E-state index is -4.48. The highest BCUT2D eigenvalue weighted by Gasteiger charge is 2.65. The lowest BCUT2D eigenvalue weighted by Gasteiger charge is -2.44. The number of alkyl halides is 3. The number of hydrogen-bond donors (Lipinski definition) is 1. The predicted octanol–water partition coefficient (Wildman–Crippen LogP) is 4.11. The number of para-hydroxylation sites is 1. The van der Waals surface area contributed by atoms with Crippen LogP contribution in [0, 0.1) is 10.1 Å². The molecule has 3 atom stereocenters. The van der Waals surface area contributed by atoms with Crippen molar-refractivity contribution in [3.05, 3.63) is 81.0 Å². The van der Waals surface area contributed by atoms with Crippen LogP contribution < -0.4 is 5.32 Å². The van der Waals surface area contributed by atoms with E-state index in [2.05, 4.69) is 5.32 Å². The number of halogens is 3. The van der Waals surface area contributed by atoms with E-state index in [1.807, 2.05) is 28.8 Å². The van der Waals surface area contributed by atoms with Gasteiger partial charge in [-0.1, -0.05) is 30.3 Å². The maximum atomic E-state index is 13.2. The van der Waals surface area contributed by atoms with Crippen molar-refractivity contribution in [2.24, 2.45) is 7.05 Å². The fraction of sp³-hybridized carbons (Fsp3) is 0.375. The molecule has 1 N–H and O–H groups in total. The standard InChI is InChI=1S/C24H22F3N3O4/c1-29-18-6-4-3-5-16(18)19-20(29)17(13-30(32)33)23(21(31)34-2)12-11-22(19,28-23)14-7-9-15(10-8-14)24(25,26)27/h3-10,17,28H,11-13H2,1-2H3/t17-,22+,23+/m0/s1. The second-order valence-electron chi connectivity index (χ2n) is 8.97. The quantitative estimate of drug-likeness (QED) is 0.350. The lowest BCUT2D eigenvalue weighted by molar-refractivity contribution is -0.485. The van der Waals surface area contributed by atoms with Gasteiger partial charge < -0.3 is 9.30 Å². The highest BCUT2D eigenvalue weighted by Crippen LogP contribution is 2.57. The van der Waals surface area contributed by atoms with Crippen molar-refractivity contribution in [2.45, 2.75) is 36.0 Å². The minimum absolute atomic E-state index is 0.238. The molecule has 2 aliphatic rings. The van der Waals surface area contributed by atoms with E-state index in [1.54, 1.807) is 7.05 Å². The molecule has 2 aliphatic heterocycles. The van der Waals surface area contributed by atoms with Crippen LogP contribution in [0.5, 0.6) is 0 Å². The maximum Gasteiger partial charge on any atom is 0.416 e. The highest BCUT2D eigenvalue weighted by molar-refractivity contribution is 5.92. The van der Waals surface area contributed by atoms with Gasteiger partial charge in [0.15, 0.2) is 0 Å². The Morgan fingerprint density at radius 1 is 1.21 bits per heavy atom. The summed E-state index contributed by atoms with van der Waals surface area (Å²) >= 11 is 0. The van der Waals surface area contributed by atoms with Crippen LogP contribution in [0.25, 0.3) is 10.9 Å². The van der Waals surface area contributed by atoms with Crippen LogP contribution in [-0.4, -0.2) is 34.7 Å². The Kier molecular flexibility index (Phi) is 4.81. The van der Waals surface area contributed by atoms with E-state index in [1.165, 1.54) is 19.2 Å². The van der Waals surface area contributed by atoms with E-state index in [0.717, 1.165) is 28.6 Å². The Morgan fingerprint density at radius 3 is 2.50 bits per heavy atom. The Bertz CT molecular complexity index is 1320. The largest absolute Gasteiger partial charge is 0.468 e. The molecule has 1 aromatic heterocycles. The van der Waals surface area contributed by atoms with Crippen LogP contribution in [0.1, 0.15) is 41.1 Å². The number of fused-ring (bicyclic) bond motifs is 6. The number of esters is 1. The Labute approximate surface area is 192 Å². The summed E-state index contributed by atoms with van der Waals surface area (Å²) in [5.41, 5.74) is -0.412. The smallest absolute Gasteiger partial charge is 0.416 e. The number of aryl methyl sites for hydroxylation is 1. The molecule has 0 unspecified atom stereocenters. The van der Waals surface area contributed by atoms with Gasteiger partial charge in [0.05, 0.1) is 24.1 Å². The van der Waals surface area contributed by atoms with Crippen LogP contribution >= 0.6 is 0 Å². The van der Waals surface area contributed by atoms with E-state index in [0.29, 0.717) is 17.7 Å². The first-order valence-corrected chi connectivity index (χ1v) is 10.8. The van der Waals surface area contributed by atoms with Crippen LogP contribution in [0.15, 0.2) is 48.5 Å². The zero-order valence-corrected chi connectivity index (χ0v) is 18.5. The van der Waals surface area contributed by atoms with E-state index < -0.39 is 46.2 Å². The van der Waals surface area contributed by atoms with Gasteiger partial charge in [-0.05, 0) is 36.6 Å². The summed E-state index contributed by atoms with van der Waals surface area (Å²) in [6.07, 6.45) is -3.88. The SMILES string of the molecule is COC(=O)[C@]12CC[C@](c3ccc(C(F)(F)F)cc3)(N1)c1c(n(C)c3ccccc13)[C@@H]2C[N+](=O)[O-]. The minimum Gasteiger partial charge on any atom is -0.468 e. The molecule has 0 amide bonds. The van der Waals surface area contributed by atoms with Crippen LogP contribution in [0.2, 0.25) is 0 Å². The summed E-state index contributed by atoms with van der Waals surface area (Å²) < 4.78 is 46.7. The van der Waals surface area contributed by atoms with Gasteiger partial charge in [-0.2, -0.15) is 13.2 Å². The number of carbonyl (C=O) groups excluding carboxylic acids is 1. The number of carbonyl (C=O) groups is 1. The average molecular weight is 473 g/mol. The molecule has 1 saturated heterocycles. The fourth-order valence-electron chi connectivity index (χ4n) is 6.02. The summed E-state index contributed by atoms with van der Waals surface area (Å²) in [5.74, 6) is -1.45. The summed E-state index contributed by atoms with van der Waals surface area (Å²) in [6.45, 7) is -0.498. The molecule has 1 fully saturated rings. The second-order valence-corrected chi connectivity index (χ2v) is 8.97. The van der Waals surface area contributed by atoms with Crippen LogP contribution in [0.3, 0.4) is 0 Å². The monoisotopic (exact) mass is 473 g/mol. The molecule has 2 bridgehead atoms. The molecule has 7 nitrogen and oxygen atoms in total. The van der Waals surface area contributed by atoms with Crippen molar-refractivity contribution < 1.29 is 27.6 Å². The normalized spacial score (nSPS) is 25.9. The molecule has 10 heteroatoms. The summed E-state index contributed by atoms with van der Waals surface area (Å²) in [4.78, 5) is 24.4. The zero-order chi connectivity index (χ0) is 24.5. The molecule has 2 aromatic carbocycles. The van der Waals surface area contributed by atoms with E-state index >= 15 is 0 Å². The molecular formula is C24H22F3N3O4. The highest BCUT2D eigenvalue weighted by atomic mass is 19.4. The summed E-state index contributed by atoms with van der Waals surface area (Å²) in [6, 6.07) is 12.4. The van der Waals surface area contributed by atoms with Crippen molar-refractivity contribution >= 4 is 16.9 Å². The first-order valence-electron chi connectivity index (χ1n) is 10.8. The zero-order valence-electron chi connectivity index (χ0n) is 18.5. The molecule has 3 aromatic rings. The number of ether oxygens (including phenoxy) is 1. The van der Waals surface area contributed by atoms with Crippen molar-refractivity contribution in [3.63, 3.8) is 0 Å². The lowest BCUT2D eigenvalue weighted by atomic mass is 9.73. The van der Waals surface area contributed by atoms with Gasteiger partial charge in [-0.25, -0.2) is 0 Å². The van der Waals surface area contributed by atoms with Crippen LogP contribution in [0.4, 0.5) is 13.2 Å². The molecular weight excluding hydrogens is 451 g/mol. The molecule has 0 aliphatic carbocycles. The maximum absolute atomic E-state index is 13.2. The van der Waals surface area contributed by atoms with E-state index in [4.69, 9.17) is 4.74 Å². The van der Waals surface area contributed by atoms with Crippen LogP contribution in [-0.2, 0) is 28.3 Å². The number of benzene rings is 2. The average Bonchev–Trinajstić information content (AvgIpc) is 3.32. The number of nitrogens with one attached hydrogen (secondary N) is 1. The van der Waals surface area contributed by atoms with Crippen molar-refractivity contribution in [2.75, 3.05) is 13.7 Å². The molecule has 5 rings (SSSR count). The van der Waals surface area contributed by atoms with Crippen molar-refractivity contribution in [1.29, 1.82) is 0 Å². The Morgan fingerprint density at radius 2 is 1.88 bits per heavy atom. The Hall–Kier alpha value is -3.40. The lowest BCUT2D eigenvalue weighted by Crippen LogP contribution is -2.62. The first kappa shape index (κ1) is 22.4. The number of nitro groups is 1. The first-order chi connectivity index (χ1) is 16.0. The van der Waals surface area contributed by atoms with Gasteiger partial charge in [0.25, 0.3) is 0 Å². The topological polar surface area (TPSA) is 86.4 Å². The predicted molar refractivity (Wildman–Crippen MR) is 117 cm³/mol. The van der Waals surface area contributed by atoms with Crippen molar-refractivity contribution in [1.82, 2.24) is 9.88 Å². The molecule has 3 heterocycles. The summed E-state index contributed by atoms with van der Waals surface area (Å²) in [5, 5.41) is 15.9. The van der Waals surface area contributed by atoms with E-state index in [-0.39, 0.29) is 6.42 Å². The third kappa shape index (κ3) is 2.91. The molecule has 0 saturated carbocycles. The van der Waals surface area contributed by atoms with Gasteiger partial charge >= 0.3 is 12.1 Å². The molecule has 0 radical (unpaired) electrons. The molecule has 0 spiro atoms. The fourth-order valence-corrected chi connectivity index (χ4v) is 6.02. The number of rotatable bonds is 4. The number of hydrogen-bond acceptors (Lipinski definition) is 5.